The summed E-state index contributed by atoms with van der Waals surface area (Å²) in [5, 5.41) is 20.1. The number of aryl methyl sites for hydroxylation is 1. The average Bonchev–Trinajstić information content (AvgIpc) is 3.71. The Balaban J connectivity index is 1.10. The fourth-order valence-corrected chi connectivity index (χ4v) is 5.62. The minimum atomic E-state index is -4.41. The quantitative estimate of drug-likeness (QED) is 0.280. The van der Waals surface area contributed by atoms with Crippen LogP contribution in [0.3, 0.4) is 0 Å². The number of fused-ring (bicyclic) bond motifs is 2. The van der Waals surface area contributed by atoms with Gasteiger partial charge in [-0.05, 0) is 58.3 Å². The number of nitrogens with one attached hydrogen (secondary N) is 3. The molecule has 0 aliphatic heterocycles. The van der Waals surface area contributed by atoms with E-state index in [9.17, 15) is 22.8 Å². The number of amides is 2. The van der Waals surface area contributed by atoms with E-state index in [0.29, 0.717) is 39.2 Å². The highest BCUT2D eigenvalue weighted by atomic mass is 32.1. The van der Waals surface area contributed by atoms with E-state index in [2.05, 4.69) is 41.2 Å². The van der Waals surface area contributed by atoms with Crippen molar-refractivity contribution in [3.05, 3.63) is 87.8 Å². The van der Waals surface area contributed by atoms with Gasteiger partial charge < -0.3 is 10.6 Å². The van der Waals surface area contributed by atoms with Crippen LogP contribution in [-0.4, -0.2) is 42.4 Å². The molecule has 2 aromatic carbocycles. The molecule has 5 aromatic rings. The van der Waals surface area contributed by atoms with Crippen molar-refractivity contribution in [2.45, 2.75) is 31.6 Å². The summed E-state index contributed by atoms with van der Waals surface area (Å²) in [5.41, 5.74) is 3.55. The molecular formula is C26H19F3N8O2S. The number of benzene rings is 2. The third-order valence-electron chi connectivity index (χ3n) is 6.58. The molecule has 40 heavy (non-hydrogen) atoms. The Kier molecular flexibility index (Phi) is 6.46. The van der Waals surface area contributed by atoms with Crippen LogP contribution in [0.1, 0.15) is 55.0 Å². The van der Waals surface area contributed by atoms with Gasteiger partial charge in [-0.2, -0.15) is 18.4 Å². The molecule has 3 heterocycles. The van der Waals surface area contributed by atoms with E-state index in [4.69, 9.17) is 0 Å². The molecule has 3 N–H and O–H groups in total. The molecule has 1 aliphatic rings. The Morgan fingerprint density at radius 3 is 2.62 bits per heavy atom. The van der Waals surface area contributed by atoms with Crippen LogP contribution in [0.25, 0.3) is 21.5 Å². The van der Waals surface area contributed by atoms with E-state index in [1.165, 1.54) is 6.07 Å². The molecule has 0 bridgehead atoms. The second-order valence-electron chi connectivity index (χ2n) is 9.17. The molecule has 0 radical (unpaired) electrons. The molecule has 0 spiro atoms. The van der Waals surface area contributed by atoms with Gasteiger partial charge in [0.1, 0.15) is 22.6 Å². The molecule has 0 saturated heterocycles. The normalized spacial score (nSPS) is 14.7. The molecule has 1 atom stereocenters. The van der Waals surface area contributed by atoms with E-state index in [0.717, 1.165) is 35.5 Å². The van der Waals surface area contributed by atoms with Gasteiger partial charge >= 0.3 is 6.18 Å². The molecule has 6 rings (SSSR count). The van der Waals surface area contributed by atoms with Crippen LogP contribution < -0.4 is 10.6 Å². The summed E-state index contributed by atoms with van der Waals surface area (Å²) in [6.45, 7) is 0.0737. The molecule has 14 heteroatoms. The SMILES string of the molecule is O=C(NCc1ccc2cc(C(F)(F)F)sc2c1)c1cc(C(=O)N[C@@H]2CCc3cc(-c4nn[nH]n4)ccc32)ncn1. The number of alkyl halides is 3. The van der Waals surface area contributed by atoms with Crippen molar-refractivity contribution < 1.29 is 22.8 Å². The first-order valence-corrected chi connectivity index (χ1v) is 12.9. The maximum atomic E-state index is 13.0. The minimum absolute atomic E-state index is 0.00622. The molecule has 2 amide bonds. The number of hydrogen-bond donors (Lipinski definition) is 3. The number of aromatic nitrogens is 6. The van der Waals surface area contributed by atoms with E-state index < -0.39 is 22.9 Å². The summed E-state index contributed by atoms with van der Waals surface area (Å²) in [4.78, 5) is 33.0. The zero-order valence-corrected chi connectivity index (χ0v) is 21.3. The summed E-state index contributed by atoms with van der Waals surface area (Å²) in [6.07, 6.45) is -1.80. The van der Waals surface area contributed by atoms with Crippen LogP contribution >= 0.6 is 11.3 Å². The zero-order chi connectivity index (χ0) is 27.9. The topological polar surface area (TPSA) is 138 Å². The number of halogens is 3. The maximum Gasteiger partial charge on any atom is 0.425 e. The lowest BCUT2D eigenvalue weighted by molar-refractivity contribution is -0.134. The maximum absolute atomic E-state index is 13.0. The second kappa shape index (κ2) is 10.1. The Labute approximate surface area is 228 Å². The molecule has 202 valence electrons. The lowest BCUT2D eigenvalue weighted by Crippen LogP contribution is -2.29. The zero-order valence-electron chi connectivity index (χ0n) is 20.5. The first kappa shape index (κ1) is 25.6. The summed E-state index contributed by atoms with van der Waals surface area (Å²) in [5.74, 6) is -0.496. The van der Waals surface area contributed by atoms with E-state index in [-0.39, 0.29) is 24.0 Å². The predicted molar refractivity (Wildman–Crippen MR) is 138 cm³/mol. The molecule has 10 nitrogen and oxygen atoms in total. The van der Waals surface area contributed by atoms with Crippen LogP contribution in [0, 0.1) is 0 Å². The fourth-order valence-electron chi connectivity index (χ4n) is 4.63. The van der Waals surface area contributed by atoms with Crippen molar-refractivity contribution in [1.82, 2.24) is 41.2 Å². The molecule has 0 unspecified atom stereocenters. The van der Waals surface area contributed by atoms with Crippen molar-refractivity contribution in [3.63, 3.8) is 0 Å². The summed E-state index contributed by atoms with van der Waals surface area (Å²) < 4.78 is 39.5. The van der Waals surface area contributed by atoms with Gasteiger partial charge in [0.05, 0.1) is 6.04 Å². The second-order valence-corrected chi connectivity index (χ2v) is 10.2. The van der Waals surface area contributed by atoms with Crippen LogP contribution in [0.2, 0.25) is 0 Å². The molecule has 0 saturated carbocycles. The number of H-pyrrole nitrogens is 1. The first-order chi connectivity index (χ1) is 19.2. The van der Waals surface area contributed by atoms with Crippen molar-refractivity contribution in [2.75, 3.05) is 0 Å². The highest BCUT2D eigenvalue weighted by Gasteiger charge is 2.32. The van der Waals surface area contributed by atoms with E-state index in [1.54, 1.807) is 18.2 Å². The first-order valence-electron chi connectivity index (χ1n) is 12.1. The summed E-state index contributed by atoms with van der Waals surface area (Å²) in [7, 11) is 0. The van der Waals surface area contributed by atoms with Crippen molar-refractivity contribution >= 4 is 33.2 Å². The van der Waals surface area contributed by atoms with Crippen molar-refractivity contribution in [2.24, 2.45) is 0 Å². The Hall–Kier alpha value is -4.72. The van der Waals surface area contributed by atoms with E-state index >= 15 is 0 Å². The van der Waals surface area contributed by atoms with Gasteiger partial charge in [-0.1, -0.05) is 24.3 Å². The van der Waals surface area contributed by atoms with Gasteiger partial charge in [0.25, 0.3) is 11.8 Å². The Morgan fingerprint density at radius 1 is 1.02 bits per heavy atom. The number of aromatic amines is 1. The number of carbonyl (C=O) groups is 2. The monoisotopic (exact) mass is 564 g/mol. The Bertz CT molecular complexity index is 1740. The third kappa shape index (κ3) is 5.12. The van der Waals surface area contributed by atoms with Crippen molar-refractivity contribution in [1.29, 1.82) is 0 Å². The van der Waals surface area contributed by atoms with Crippen LogP contribution in [0.4, 0.5) is 13.2 Å². The number of thiophene rings is 1. The highest BCUT2D eigenvalue weighted by molar-refractivity contribution is 7.19. The van der Waals surface area contributed by atoms with Gasteiger partial charge in [-0.3, -0.25) is 9.59 Å². The Morgan fingerprint density at radius 2 is 1.85 bits per heavy atom. The number of hydrogen-bond acceptors (Lipinski definition) is 8. The average molecular weight is 565 g/mol. The van der Waals surface area contributed by atoms with Gasteiger partial charge in [-0.15, -0.1) is 21.5 Å². The lowest BCUT2D eigenvalue weighted by atomic mass is 10.0. The molecule has 0 fully saturated rings. The van der Waals surface area contributed by atoms with Gasteiger partial charge in [-0.25, -0.2) is 9.97 Å². The number of rotatable bonds is 6. The van der Waals surface area contributed by atoms with Gasteiger partial charge in [0.15, 0.2) is 0 Å². The molecular weight excluding hydrogens is 545 g/mol. The van der Waals surface area contributed by atoms with Gasteiger partial charge in [0, 0.05) is 22.9 Å². The van der Waals surface area contributed by atoms with E-state index in [1.807, 2.05) is 18.2 Å². The van der Waals surface area contributed by atoms with Crippen molar-refractivity contribution in [3.8, 4) is 11.4 Å². The highest BCUT2D eigenvalue weighted by Crippen LogP contribution is 2.38. The summed E-state index contributed by atoms with van der Waals surface area (Å²) >= 11 is 0.651. The van der Waals surface area contributed by atoms with Gasteiger partial charge in [0.2, 0.25) is 5.82 Å². The number of tetrazole rings is 1. The molecule has 1 aliphatic carbocycles. The van der Waals surface area contributed by atoms with Crippen LogP contribution in [0.15, 0.2) is 54.9 Å². The molecule has 3 aromatic heterocycles. The third-order valence-corrected chi connectivity index (χ3v) is 7.72. The smallest absolute Gasteiger partial charge is 0.347 e. The number of nitrogens with zero attached hydrogens (tertiary/aromatic N) is 5. The fraction of sp³-hybridized carbons (Fsp3) is 0.192. The summed E-state index contributed by atoms with van der Waals surface area (Å²) in [6, 6.07) is 12.8. The predicted octanol–water partition coefficient (Wildman–Crippen LogP) is 4.24. The minimum Gasteiger partial charge on any atom is -0.347 e. The van der Waals surface area contributed by atoms with Crippen LogP contribution in [0.5, 0.6) is 0 Å². The standard InChI is InChI=1S/C26H19F3N8O2S/c27-26(28,29)22-9-15-2-1-13(7-21(15)40-22)11-30-24(38)19-10-20(32-12-31-19)25(39)33-18-6-4-14-8-16(3-5-17(14)18)23-34-36-37-35-23/h1-3,5,7-10,12,18H,4,6,11H2,(H,30,38)(H,33,39)(H,34,35,36,37)/t18-/m1/s1. The lowest BCUT2D eigenvalue weighted by Gasteiger charge is -2.14. The number of carbonyl (C=O) groups excluding carboxylic acids is 2. The largest absolute Gasteiger partial charge is 0.425 e. The van der Waals surface area contributed by atoms with Crippen LogP contribution in [-0.2, 0) is 19.1 Å².